The third-order valence-electron chi connectivity index (χ3n) is 11.0. The number of unbranched alkanes of at least 4 members (excludes halogenated alkanes) is 17. The van der Waals surface area contributed by atoms with Gasteiger partial charge in [0.05, 0.1) is 34.4 Å². The summed E-state index contributed by atoms with van der Waals surface area (Å²) in [5.41, 5.74) is 0. The number of rotatable bonds is 45. The first-order valence-corrected chi connectivity index (χ1v) is 25.6. The lowest BCUT2D eigenvalue weighted by Gasteiger charge is -2.31. The van der Waals surface area contributed by atoms with Crippen molar-refractivity contribution in [2.45, 2.75) is 212 Å². The topological polar surface area (TPSA) is 99.1 Å². The van der Waals surface area contributed by atoms with Crippen LogP contribution < -0.4 is 0 Å². The van der Waals surface area contributed by atoms with Gasteiger partial charge >= 0.3 is 17.9 Å². The number of quaternary nitrogens is 1. The van der Waals surface area contributed by atoms with Gasteiger partial charge in [0.2, 0.25) is 0 Å². The molecule has 0 bridgehead atoms. The van der Waals surface area contributed by atoms with Gasteiger partial charge in [-0.3, -0.25) is 9.59 Å². The molecule has 64 heavy (non-hydrogen) atoms. The number of carboxylic acid groups (broad SMARTS) is 1. The van der Waals surface area contributed by atoms with Crippen molar-refractivity contribution in [3.8, 4) is 0 Å². The van der Waals surface area contributed by atoms with E-state index in [0.717, 1.165) is 83.5 Å². The van der Waals surface area contributed by atoms with Crippen molar-refractivity contribution in [3.05, 3.63) is 85.1 Å². The van der Waals surface area contributed by atoms with Gasteiger partial charge in [0, 0.05) is 19.3 Å². The molecule has 0 spiro atoms. The Hall–Kier alpha value is -3.49. The van der Waals surface area contributed by atoms with Gasteiger partial charge in [0.25, 0.3) is 0 Å². The van der Waals surface area contributed by atoms with Gasteiger partial charge in [0.15, 0.2) is 12.1 Å². The molecule has 0 saturated heterocycles. The van der Waals surface area contributed by atoms with Crippen LogP contribution in [0.3, 0.4) is 0 Å². The largest absolute Gasteiger partial charge is 0.477 e. The van der Waals surface area contributed by atoms with Crippen molar-refractivity contribution in [3.63, 3.8) is 0 Å². The van der Waals surface area contributed by atoms with Crippen molar-refractivity contribution in [1.82, 2.24) is 0 Å². The second kappa shape index (κ2) is 46.1. The number of likely N-dealkylation sites (N-methyl/N-ethyl adjacent to an activating group) is 1. The molecule has 0 aliphatic rings. The van der Waals surface area contributed by atoms with Gasteiger partial charge in [-0.2, -0.15) is 0 Å². The molecule has 0 aromatic rings. The number of hydrogen-bond donors (Lipinski definition) is 1. The highest BCUT2D eigenvalue weighted by molar-refractivity contribution is 5.72. The predicted molar refractivity (Wildman–Crippen MR) is 270 cm³/mol. The maximum absolute atomic E-state index is 12.8. The summed E-state index contributed by atoms with van der Waals surface area (Å²) in [5, 5.41) is 9.65. The SMILES string of the molecule is CC/C=C\C/C=C\C/C=C\C/C=C\C/C=C\CCCCCC(=O)OC(COCCC(C(=O)O)[N+](C)(C)C)COC(=O)CCCCCCCCCCC/C=C\C/C=C\CCCCCCC. The highest BCUT2D eigenvalue weighted by Crippen LogP contribution is 2.14. The van der Waals surface area contributed by atoms with E-state index in [9.17, 15) is 19.5 Å². The van der Waals surface area contributed by atoms with Gasteiger partial charge in [-0.1, -0.05) is 176 Å². The van der Waals surface area contributed by atoms with Gasteiger partial charge in [0.1, 0.15) is 6.61 Å². The van der Waals surface area contributed by atoms with Crippen molar-refractivity contribution in [2.24, 2.45) is 0 Å². The summed E-state index contributed by atoms with van der Waals surface area (Å²) >= 11 is 0. The number of esters is 2. The summed E-state index contributed by atoms with van der Waals surface area (Å²) in [6, 6.07) is -0.627. The van der Waals surface area contributed by atoms with Crippen LogP contribution >= 0.6 is 0 Å². The summed E-state index contributed by atoms with van der Waals surface area (Å²) in [5.74, 6) is -1.52. The molecule has 0 aromatic heterocycles. The van der Waals surface area contributed by atoms with Gasteiger partial charge in [-0.25, -0.2) is 4.79 Å². The molecular weight excluding hydrogens is 799 g/mol. The zero-order chi connectivity index (χ0) is 47.0. The van der Waals surface area contributed by atoms with Gasteiger partial charge < -0.3 is 23.8 Å². The number of allylic oxidation sites excluding steroid dienone is 14. The molecular formula is C56H96NO7+. The summed E-state index contributed by atoms with van der Waals surface area (Å²) in [6.07, 6.45) is 60.6. The number of carbonyl (C=O) groups excluding carboxylic acids is 2. The Labute approximate surface area is 393 Å². The Kier molecular flexibility index (Phi) is 43.5. The van der Waals surface area contributed by atoms with Crippen LogP contribution in [0.5, 0.6) is 0 Å². The highest BCUT2D eigenvalue weighted by atomic mass is 16.6. The fourth-order valence-electron chi connectivity index (χ4n) is 7.09. The third-order valence-corrected chi connectivity index (χ3v) is 11.0. The first-order valence-electron chi connectivity index (χ1n) is 25.6. The fourth-order valence-corrected chi connectivity index (χ4v) is 7.09. The zero-order valence-corrected chi connectivity index (χ0v) is 41.7. The number of hydrogen-bond acceptors (Lipinski definition) is 6. The molecule has 0 aromatic carbocycles. The quantitative estimate of drug-likeness (QED) is 0.0281. The summed E-state index contributed by atoms with van der Waals surface area (Å²) in [6.45, 7) is 4.57. The lowest BCUT2D eigenvalue weighted by atomic mass is 10.1. The second-order valence-electron chi connectivity index (χ2n) is 18.0. The Morgan fingerprint density at radius 2 is 0.875 bits per heavy atom. The predicted octanol–water partition coefficient (Wildman–Crippen LogP) is 14.9. The van der Waals surface area contributed by atoms with Crippen LogP contribution in [0.25, 0.3) is 0 Å². The number of carboxylic acids is 1. The van der Waals surface area contributed by atoms with E-state index in [0.29, 0.717) is 12.8 Å². The molecule has 0 heterocycles. The van der Waals surface area contributed by atoms with Crippen molar-refractivity contribution >= 4 is 17.9 Å². The average molecular weight is 895 g/mol. The monoisotopic (exact) mass is 895 g/mol. The standard InChI is InChI=1S/C56H95NO7/c1-6-8-10-12-14-16-18-20-22-24-26-27-29-30-32-34-36-38-40-42-44-46-54(58)63-51-52(50-62-49-48-53(56(60)61)57(3,4)5)64-55(59)47-45-43-41-39-37-35-33-31-28-25-23-21-19-17-15-13-11-9-7-2/h9,11,15,17-18,20-21,23-24,26,28,31,35,37,52-53H,6-8,10,12-14,16,19,22,25,27,29-30,32-34,36,38-51H2,1-5H3/p+1/b11-9-,17-15-,20-18-,23-21-,26-24-,31-28-,37-35-. The van der Waals surface area contributed by atoms with Crippen molar-refractivity contribution in [1.29, 1.82) is 0 Å². The van der Waals surface area contributed by atoms with E-state index in [1.165, 1.54) is 83.5 Å². The lowest BCUT2D eigenvalue weighted by molar-refractivity contribution is -0.887. The third kappa shape index (κ3) is 43.7. The molecule has 0 saturated carbocycles. The lowest BCUT2D eigenvalue weighted by Crippen LogP contribution is -2.50. The molecule has 2 unspecified atom stereocenters. The molecule has 0 aliphatic carbocycles. The van der Waals surface area contributed by atoms with E-state index in [2.05, 4.69) is 98.9 Å². The van der Waals surface area contributed by atoms with Crippen LogP contribution in [0.15, 0.2) is 85.1 Å². The van der Waals surface area contributed by atoms with E-state index < -0.39 is 18.1 Å². The Morgan fingerprint density at radius 3 is 1.31 bits per heavy atom. The number of carbonyl (C=O) groups is 3. The fraction of sp³-hybridized carbons (Fsp3) is 0.696. The molecule has 1 N–H and O–H groups in total. The first-order chi connectivity index (χ1) is 31.1. The minimum Gasteiger partial charge on any atom is -0.477 e. The highest BCUT2D eigenvalue weighted by Gasteiger charge is 2.31. The van der Waals surface area contributed by atoms with Gasteiger partial charge in [-0.15, -0.1) is 0 Å². The summed E-state index contributed by atoms with van der Waals surface area (Å²) in [4.78, 5) is 37.2. The van der Waals surface area contributed by atoms with Gasteiger partial charge in [-0.05, 0) is 89.9 Å². The number of aliphatic carboxylic acids is 1. The van der Waals surface area contributed by atoms with Crippen LogP contribution in [0.1, 0.15) is 200 Å². The van der Waals surface area contributed by atoms with E-state index in [1.54, 1.807) is 0 Å². The number of nitrogens with zero attached hydrogens (tertiary/aromatic N) is 1. The molecule has 2 atom stereocenters. The van der Waals surface area contributed by atoms with Crippen molar-refractivity contribution < 1.29 is 38.2 Å². The van der Waals surface area contributed by atoms with Crippen LogP contribution in [-0.4, -0.2) is 80.6 Å². The maximum atomic E-state index is 12.8. The summed E-state index contributed by atoms with van der Waals surface area (Å²) in [7, 11) is 5.51. The zero-order valence-electron chi connectivity index (χ0n) is 41.7. The van der Waals surface area contributed by atoms with E-state index >= 15 is 0 Å². The average Bonchev–Trinajstić information content (AvgIpc) is 3.26. The van der Waals surface area contributed by atoms with Crippen LogP contribution in [0.4, 0.5) is 0 Å². The molecule has 8 heteroatoms. The molecule has 0 fully saturated rings. The molecule has 0 radical (unpaired) electrons. The Balaban J connectivity index is 4.33. The van der Waals surface area contributed by atoms with Crippen LogP contribution in [0, 0.1) is 0 Å². The molecule has 0 aliphatic heterocycles. The normalized spacial score (nSPS) is 13.6. The smallest absolute Gasteiger partial charge is 0.362 e. The minimum atomic E-state index is -0.884. The Bertz CT molecular complexity index is 1320. The summed E-state index contributed by atoms with van der Waals surface area (Å²) < 4.78 is 17.3. The molecule has 8 nitrogen and oxygen atoms in total. The van der Waals surface area contributed by atoms with Crippen LogP contribution in [0.2, 0.25) is 0 Å². The Morgan fingerprint density at radius 1 is 0.484 bits per heavy atom. The van der Waals surface area contributed by atoms with Crippen LogP contribution in [-0.2, 0) is 28.6 Å². The maximum Gasteiger partial charge on any atom is 0.362 e. The minimum absolute atomic E-state index is 0.0419. The molecule has 366 valence electrons. The van der Waals surface area contributed by atoms with E-state index in [1.807, 2.05) is 21.1 Å². The number of ether oxygens (including phenoxy) is 3. The van der Waals surface area contributed by atoms with E-state index in [-0.39, 0.29) is 42.7 Å². The molecule has 0 amide bonds. The first kappa shape index (κ1) is 60.5. The molecule has 0 rings (SSSR count). The van der Waals surface area contributed by atoms with Crippen molar-refractivity contribution in [2.75, 3.05) is 41.0 Å². The second-order valence-corrected chi connectivity index (χ2v) is 18.0. The van der Waals surface area contributed by atoms with E-state index in [4.69, 9.17) is 14.2 Å².